The van der Waals surface area contributed by atoms with Gasteiger partial charge in [0.15, 0.2) is 17.3 Å². The monoisotopic (exact) mass is 485 g/mol. The van der Waals surface area contributed by atoms with Crippen molar-refractivity contribution < 1.29 is 23.6 Å². The summed E-state index contributed by atoms with van der Waals surface area (Å²) >= 11 is 0. The molecule has 8 heteroatoms. The zero-order valence-corrected chi connectivity index (χ0v) is 20.6. The molecular formula is C27H36FN3O4. The van der Waals surface area contributed by atoms with E-state index in [-0.39, 0.29) is 30.3 Å². The molecule has 0 radical (unpaired) electrons. The summed E-state index contributed by atoms with van der Waals surface area (Å²) in [7, 11) is 1.40. The first kappa shape index (κ1) is 26.8. The first-order chi connectivity index (χ1) is 16.9. The second-order valence-corrected chi connectivity index (χ2v) is 8.96. The van der Waals surface area contributed by atoms with Crippen LogP contribution in [0.5, 0.6) is 5.75 Å². The predicted octanol–water partition coefficient (Wildman–Crippen LogP) is 3.96. The molecule has 0 bridgehead atoms. The zero-order valence-electron chi connectivity index (χ0n) is 20.6. The normalized spacial score (nSPS) is 15.5. The fourth-order valence-corrected chi connectivity index (χ4v) is 4.48. The molecule has 1 fully saturated rings. The maximum atomic E-state index is 14.4. The summed E-state index contributed by atoms with van der Waals surface area (Å²) in [6.07, 6.45) is 3.28. The van der Waals surface area contributed by atoms with Gasteiger partial charge in [0, 0.05) is 24.9 Å². The first-order valence-corrected chi connectivity index (χ1v) is 12.3. The van der Waals surface area contributed by atoms with E-state index in [0.29, 0.717) is 24.1 Å². The quantitative estimate of drug-likeness (QED) is 0.330. The number of nitrogens with one attached hydrogen (secondary N) is 1. The number of nitrogens with zero attached hydrogens (tertiary/aromatic N) is 1. The average Bonchev–Trinajstić information content (AvgIpc) is 3.37. The maximum absolute atomic E-state index is 14.4. The molecule has 2 aromatic rings. The van der Waals surface area contributed by atoms with Gasteiger partial charge in [0.2, 0.25) is 5.91 Å². The van der Waals surface area contributed by atoms with Crippen LogP contribution in [0, 0.1) is 5.82 Å². The zero-order chi connectivity index (χ0) is 25.2. The van der Waals surface area contributed by atoms with E-state index in [4.69, 9.17) is 15.5 Å². The molecular weight excluding hydrogens is 449 g/mol. The molecule has 7 nitrogen and oxygen atoms in total. The summed E-state index contributed by atoms with van der Waals surface area (Å²) in [5.41, 5.74) is 2.35. The maximum Gasteiger partial charge on any atom is 0.220 e. The first-order valence-electron chi connectivity index (χ1n) is 12.3. The third-order valence-electron chi connectivity index (χ3n) is 6.51. The van der Waals surface area contributed by atoms with Crippen LogP contribution in [0.2, 0.25) is 0 Å². The van der Waals surface area contributed by atoms with Gasteiger partial charge in [-0.3, -0.25) is 14.4 Å². The molecule has 0 unspecified atom stereocenters. The molecule has 0 aliphatic carbocycles. The third kappa shape index (κ3) is 7.59. The smallest absolute Gasteiger partial charge is 0.220 e. The van der Waals surface area contributed by atoms with Crippen molar-refractivity contribution in [2.24, 2.45) is 5.90 Å². The summed E-state index contributed by atoms with van der Waals surface area (Å²) in [5.74, 6) is 5.06. The largest absolute Gasteiger partial charge is 0.494 e. The van der Waals surface area contributed by atoms with Gasteiger partial charge in [-0.05, 0) is 62.0 Å². The van der Waals surface area contributed by atoms with E-state index >= 15 is 0 Å². The lowest BCUT2D eigenvalue weighted by Gasteiger charge is -2.30. The third-order valence-corrected chi connectivity index (χ3v) is 6.51. The standard InChI is InChI=1S/C27H36FN3O4/c1-3-19-9-11-20(12-10-19)24(32)7-6-8-26(33)30-23(18-31-15-4-5-16-31)27(35-29)21-13-14-25(34-2)22(28)17-21/h9-14,17,23,27H,3-8,15-16,18,29H2,1-2H3,(H,30,33)/t23-,27-/m1/s1. The molecule has 190 valence electrons. The van der Waals surface area contributed by atoms with Crippen LogP contribution in [0.4, 0.5) is 4.39 Å². The average molecular weight is 486 g/mol. The fourth-order valence-electron chi connectivity index (χ4n) is 4.48. The molecule has 1 aliphatic rings. The lowest BCUT2D eigenvalue weighted by Crippen LogP contribution is -2.47. The van der Waals surface area contributed by atoms with Gasteiger partial charge < -0.3 is 15.0 Å². The highest BCUT2D eigenvalue weighted by Gasteiger charge is 2.29. The Balaban J connectivity index is 1.62. The van der Waals surface area contributed by atoms with Crippen molar-refractivity contribution in [2.45, 2.75) is 57.6 Å². The van der Waals surface area contributed by atoms with Gasteiger partial charge in [0.05, 0.1) is 13.2 Å². The van der Waals surface area contributed by atoms with Crippen LogP contribution >= 0.6 is 0 Å². The molecule has 0 aromatic heterocycles. The van der Waals surface area contributed by atoms with Crippen molar-refractivity contribution in [1.29, 1.82) is 0 Å². The van der Waals surface area contributed by atoms with Gasteiger partial charge >= 0.3 is 0 Å². The number of ketones is 1. The van der Waals surface area contributed by atoms with Gasteiger partial charge in [0.1, 0.15) is 6.10 Å². The van der Waals surface area contributed by atoms with Gasteiger partial charge in [-0.1, -0.05) is 37.3 Å². The molecule has 35 heavy (non-hydrogen) atoms. The number of Topliss-reactive ketones (excluding diaryl/α,β-unsaturated/α-hetero) is 1. The highest BCUT2D eigenvalue weighted by atomic mass is 19.1. The van der Waals surface area contributed by atoms with Crippen LogP contribution in [-0.2, 0) is 16.1 Å². The summed E-state index contributed by atoms with van der Waals surface area (Å²) in [6.45, 7) is 4.44. The second kappa shape index (κ2) is 13.3. The van der Waals surface area contributed by atoms with Crippen LogP contribution in [0.15, 0.2) is 42.5 Å². The number of hydrogen-bond acceptors (Lipinski definition) is 6. The topological polar surface area (TPSA) is 93.9 Å². The summed E-state index contributed by atoms with van der Waals surface area (Å²) < 4.78 is 19.4. The van der Waals surface area contributed by atoms with Gasteiger partial charge in [-0.2, -0.15) is 0 Å². The number of carbonyl (C=O) groups excluding carboxylic acids is 2. The molecule has 1 aliphatic heterocycles. The number of aryl methyl sites for hydroxylation is 1. The number of carbonyl (C=O) groups is 2. The van der Waals surface area contributed by atoms with Gasteiger partial charge in [-0.25, -0.2) is 10.3 Å². The Kier molecular flexibility index (Phi) is 10.2. The minimum absolute atomic E-state index is 0.0194. The Bertz CT molecular complexity index is 977. The lowest BCUT2D eigenvalue weighted by molar-refractivity contribution is -0.123. The summed E-state index contributed by atoms with van der Waals surface area (Å²) in [5, 5.41) is 3.02. The van der Waals surface area contributed by atoms with Crippen LogP contribution in [0.25, 0.3) is 0 Å². The van der Waals surface area contributed by atoms with Crippen molar-refractivity contribution in [3.05, 3.63) is 65.0 Å². The van der Waals surface area contributed by atoms with E-state index in [1.807, 2.05) is 24.3 Å². The van der Waals surface area contributed by atoms with E-state index in [2.05, 4.69) is 17.1 Å². The Hall–Kier alpha value is -2.81. The number of methoxy groups -OCH3 is 1. The number of nitrogens with two attached hydrogens (primary N) is 1. The predicted molar refractivity (Wildman–Crippen MR) is 133 cm³/mol. The molecule has 0 spiro atoms. The summed E-state index contributed by atoms with van der Waals surface area (Å²) in [4.78, 5) is 32.8. The number of benzene rings is 2. The number of halogens is 1. The highest BCUT2D eigenvalue weighted by molar-refractivity contribution is 5.96. The SMILES string of the molecule is CCc1ccc(C(=O)CCCC(=O)N[C@H](CN2CCCC2)[C@H](ON)c2ccc(OC)c(F)c2)cc1. The molecule has 2 atom stereocenters. The number of ether oxygens (including phenoxy) is 1. The number of rotatable bonds is 13. The molecule has 3 N–H and O–H groups in total. The molecule has 1 amide bonds. The molecule has 3 rings (SSSR count). The van der Waals surface area contributed by atoms with Crippen molar-refractivity contribution in [1.82, 2.24) is 10.2 Å². The molecule has 2 aromatic carbocycles. The fraction of sp³-hybridized carbons (Fsp3) is 0.481. The van der Waals surface area contributed by atoms with Crippen molar-refractivity contribution in [2.75, 3.05) is 26.7 Å². The molecule has 1 saturated heterocycles. The van der Waals surface area contributed by atoms with E-state index in [9.17, 15) is 14.0 Å². The van der Waals surface area contributed by atoms with E-state index < -0.39 is 18.0 Å². The minimum Gasteiger partial charge on any atom is -0.494 e. The van der Waals surface area contributed by atoms with E-state index in [1.165, 1.54) is 24.8 Å². The van der Waals surface area contributed by atoms with Gasteiger partial charge in [0.25, 0.3) is 0 Å². The Morgan fingerprint density at radius 1 is 1.11 bits per heavy atom. The Morgan fingerprint density at radius 2 is 1.83 bits per heavy atom. The van der Waals surface area contributed by atoms with E-state index in [1.54, 1.807) is 6.07 Å². The van der Waals surface area contributed by atoms with Crippen molar-refractivity contribution in [3.8, 4) is 5.75 Å². The van der Waals surface area contributed by atoms with Crippen LogP contribution < -0.4 is 16.0 Å². The van der Waals surface area contributed by atoms with Crippen LogP contribution in [0.3, 0.4) is 0 Å². The Labute approximate surface area is 206 Å². The molecule has 1 heterocycles. The molecule has 0 saturated carbocycles. The number of likely N-dealkylation sites (tertiary alicyclic amines) is 1. The van der Waals surface area contributed by atoms with E-state index in [0.717, 1.165) is 32.4 Å². The second-order valence-electron chi connectivity index (χ2n) is 8.96. The lowest BCUT2D eigenvalue weighted by atomic mass is 10.00. The van der Waals surface area contributed by atoms with Crippen molar-refractivity contribution in [3.63, 3.8) is 0 Å². The van der Waals surface area contributed by atoms with Crippen LogP contribution in [-0.4, -0.2) is 49.4 Å². The number of amides is 1. The summed E-state index contributed by atoms with van der Waals surface area (Å²) in [6, 6.07) is 11.6. The minimum atomic E-state index is -0.737. The number of hydrogen-bond donors (Lipinski definition) is 2. The van der Waals surface area contributed by atoms with Crippen LogP contribution in [0.1, 0.15) is 66.6 Å². The highest BCUT2D eigenvalue weighted by Crippen LogP contribution is 2.27. The van der Waals surface area contributed by atoms with Crippen molar-refractivity contribution >= 4 is 11.7 Å². The van der Waals surface area contributed by atoms with Gasteiger partial charge in [-0.15, -0.1) is 0 Å². The Morgan fingerprint density at radius 3 is 2.43 bits per heavy atom.